The van der Waals surface area contributed by atoms with Crippen LogP contribution in [0, 0.1) is 6.92 Å². The van der Waals surface area contributed by atoms with Crippen molar-refractivity contribution >= 4 is 45.6 Å². The first-order valence-electron chi connectivity index (χ1n) is 7.38. The molecule has 7 heteroatoms. The standard InChI is InChI=1S/C18H14N2O4S/c1-10-7-16(21)24-15-9-13(5-6-14(10)15)20-18(25)19-12-4-2-3-11(8-12)17(22)23/h2-9H,1H3,(H,22,23)(H2,19,20,25). The molecule has 25 heavy (non-hydrogen) atoms. The average molecular weight is 354 g/mol. The van der Waals surface area contributed by atoms with E-state index in [9.17, 15) is 9.59 Å². The van der Waals surface area contributed by atoms with Crippen LogP contribution in [0.25, 0.3) is 11.0 Å². The van der Waals surface area contributed by atoms with Crippen molar-refractivity contribution in [1.82, 2.24) is 0 Å². The third-order valence-electron chi connectivity index (χ3n) is 3.58. The van der Waals surface area contributed by atoms with Gasteiger partial charge in [-0.15, -0.1) is 0 Å². The van der Waals surface area contributed by atoms with Gasteiger partial charge in [0.15, 0.2) is 5.11 Å². The van der Waals surface area contributed by atoms with E-state index in [1.165, 1.54) is 18.2 Å². The van der Waals surface area contributed by atoms with Crippen LogP contribution in [-0.2, 0) is 0 Å². The van der Waals surface area contributed by atoms with Crippen molar-refractivity contribution in [1.29, 1.82) is 0 Å². The van der Waals surface area contributed by atoms with Gasteiger partial charge in [0.25, 0.3) is 0 Å². The third-order valence-corrected chi connectivity index (χ3v) is 3.78. The number of carbonyl (C=O) groups is 1. The molecule has 126 valence electrons. The second-order valence-electron chi connectivity index (χ2n) is 5.42. The molecule has 0 aliphatic carbocycles. The summed E-state index contributed by atoms with van der Waals surface area (Å²) in [4.78, 5) is 22.5. The molecular weight excluding hydrogens is 340 g/mol. The molecule has 0 saturated heterocycles. The highest BCUT2D eigenvalue weighted by Crippen LogP contribution is 2.21. The molecule has 0 radical (unpaired) electrons. The summed E-state index contributed by atoms with van der Waals surface area (Å²) in [6.45, 7) is 1.84. The number of aryl methyl sites for hydroxylation is 1. The maximum absolute atomic E-state index is 11.5. The number of aromatic carboxylic acids is 1. The lowest BCUT2D eigenvalue weighted by Crippen LogP contribution is -2.19. The van der Waals surface area contributed by atoms with Crippen LogP contribution in [0.15, 0.2) is 57.7 Å². The van der Waals surface area contributed by atoms with E-state index in [4.69, 9.17) is 21.7 Å². The van der Waals surface area contributed by atoms with Gasteiger partial charge in [-0.05, 0) is 55.0 Å². The number of nitrogens with one attached hydrogen (secondary N) is 2. The number of carboxylic acid groups (broad SMARTS) is 1. The van der Waals surface area contributed by atoms with Crippen LogP contribution in [0.4, 0.5) is 11.4 Å². The summed E-state index contributed by atoms with van der Waals surface area (Å²) in [7, 11) is 0. The van der Waals surface area contributed by atoms with E-state index in [0.717, 1.165) is 10.9 Å². The predicted octanol–water partition coefficient (Wildman–Crippen LogP) is 3.61. The van der Waals surface area contributed by atoms with Crippen LogP contribution in [0.1, 0.15) is 15.9 Å². The number of benzene rings is 2. The molecule has 0 fully saturated rings. The van der Waals surface area contributed by atoms with Crippen LogP contribution in [0.3, 0.4) is 0 Å². The fourth-order valence-electron chi connectivity index (χ4n) is 2.43. The molecule has 0 aliphatic heterocycles. The third kappa shape index (κ3) is 3.84. The summed E-state index contributed by atoms with van der Waals surface area (Å²) in [6, 6.07) is 13.1. The number of anilines is 2. The van der Waals surface area contributed by atoms with Gasteiger partial charge in [-0.1, -0.05) is 6.07 Å². The Morgan fingerprint density at radius 2 is 1.80 bits per heavy atom. The van der Waals surface area contributed by atoms with Gasteiger partial charge >= 0.3 is 11.6 Å². The molecule has 0 spiro atoms. The highest BCUT2D eigenvalue weighted by Gasteiger charge is 2.07. The Balaban J connectivity index is 1.79. The van der Waals surface area contributed by atoms with Gasteiger partial charge in [-0.25, -0.2) is 9.59 Å². The van der Waals surface area contributed by atoms with E-state index < -0.39 is 11.6 Å². The number of hydrogen-bond acceptors (Lipinski definition) is 4. The van der Waals surface area contributed by atoms with Gasteiger partial charge in [0.1, 0.15) is 5.58 Å². The lowest BCUT2D eigenvalue weighted by Gasteiger charge is -2.11. The minimum Gasteiger partial charge on any atom is -0.478 e. The van der Waals surface area contributed by atoms with Gasteiger partial charge in [0.05, 0.1) is 5.56 Å². The molecule has 2 aromatic carbocycles. The van der Waals surface area contributed by atoms with Crippen molar-refractivity contribution in [2.24, 2.45) is 0 Å². The molecule has 1 aromatic heterocycles. The first kappa shape index (κ1) is 16.7. The fraction of sp³-hybridized carbons (Fsp3) is 0.0556. The topological polar surface area (TPSA) is 91.6 Å². The maximum Gasteiger partial charge on any atom is 0.336 e. The van der Waals surface area contributed by atoms with Crippen molar-refractivity contribution in [3.63, 3.8) is 0 Å². The van der Waals surface area contributed by atoms with E-state index in [0.29, 0.717) is 17.0 Å². The Kier molecular flexibility index (Phi) is 4.49. The van der Waals surface area contributed by atoms with Gasteiger partial charge < -0.3 is 20.2 Å². The van der Waals surface area contributed by atoms with E-state index >= 15 is 0 Å². The Hall–Kier alpha value is -3.19. The van der Waals surface area contributed by atoms with E-state index in [1.807, 2.05) is 19.1 Å². The maximum atomic E-state index is 11.5. The zero-order valence-electron chi connectivity index (χ0n) is 13.2. The first-order chi connectivity index (χ1) is 11.9. The Bertz CT molecular complexity index is 1040. The van der Waals surface area contributed by atoms with Gasteiger partial charge in [0, 0.05) is 28.9 Å². The molecule has 0 aliphatic rings. The molecule has 0 saturated carbocycles. The minimum atomic E-state index is -1.01. The van der Waals surface area contributed by atoms with Crippen molar-refractivity contribution in [3.05, 3.63) is 70.1 Å². The summed E-state index contributed by atoms with van der Waals surface area (Å²) in [5, 5.41) is 16.0. The van der Waals surface area contributed by atoms with Crippen molar-refractivity contribution in [2.75, 3.05) is 10.6 Å². The van der Waals surface area contributed by atoms with Crippen LogP contribution in [-0.4, -0.2) is 16.2 Å². The van der Waals surface area contributed by atoms with Crippen LogP contribution < -0.4 is 16.3 Å². The Morgan fingerprint density at radius 1 is 1.08 bits per heavy atom. The van der Waals surface area contributed by atoms with Crippen molar-refractivity contribution in [3.8, 4) is 0 Å². The SMILES string of the molecule is Cc1cc(=O)oc2cc(NC(=S)Nc3cccc(C(=O)O)c3)ccc12. The molecule has 0 amide bonds. The number of thiocarbonyl (C=S) groups is 1. The van der Waals surface area contributed by atoms with E-state index in [1.54, 1.807) is 18.2 Å². The summed E-state index contributed by atoms with van der Waals surface area (Å²) in [6.07, 6.45) is 0. The molecule has 6 nitrogen and oxygen atoms in total. The van der Waals surface area contributed by atoms with Gasteiger partial charge in [-0.3, -0.25) is 0 Å². The minimum absolute atomic E-state index is 0.163. The molecule has 1 heterocycles. The summed E-state index contributed by atoms with van der Waals surface area (Å²) in [5.74, 6) is -1.01. The van der Waals surface area contributed by atoms with E-state index in [-0.39, 0.29) is 10.7 Å². The van der Waals surface area contributed by atoms with Crippen LogP contribution in [0.2, 0.25) is 0 Å². The molecule has 0 atom stereocenters. The first-order valence-corrected chi connectivity index (χ1v) is 7.79. The second kappa shape index (κ2) is 6.74. The van der Waals surface area contributed by atoms with Crippen molar-refractivity contribution < 1.29 is 14.3 Å². The van der Waals surface area contributed by atoms with E-state index in [2.05, 4.69) is 10.6 Å². The number of hydrogen-bond donors (Lipinski definition) is 3. The highest BCUT2D eigenvalue weighted by molar-refractivity contribution is 7.80. The summed E-state index contributed by atoms with van der Waals surface area (Å²) in [5.41, 5.74) is 2.26. The largest absolute Gasteiger partial charge is 0.478 e. The fourth-order valence-corrected chi connectivity index (χ4v) is 2.66. The zero-order valence-corrected chi connectivity index (χ0v) is 14.0. The molecule has 0 unspecified atom stereocenters. The zero-order chi connectivity index (χ0) is 18.0. The smallest absolute Gasteiger partial charge is 0.336 e. The van der Waals surface area contributed by atoms with Crippen LogP contribution in [0.5, 0.6) is 0 Å². The lowest BCUT2D eigenvalue weighted by atomic mass is 10.1. The van der Waals surface area contributed by atoms with Crippen LogP contribution >= 0.6 is 12.2 Å². The molecule has 3 aromatic rings. The summed E-state index contributed by atoms with van der Waals surface area (Å²) >= 11 is 5.24. The Morgan fingerprint density at radius 3 is 2.52 bits per heavy atom. The Labute approximate surface area is 148 Å². The monoisotopic (exact) mass is 354 g/mol. The van der Waals surface area contributed by atoms with Crippen molar-refractivity contribution in [2.45, 2.75) is 6.92 Å². The molecule has 3 N–H and O–H groups in total. The highest BCUT2D eigenvalue weighted by atomic mass is 32.1. The average Bonchev–Trinajstić information content (AvgIpc) is 2.54. The number of carboxylic acids is 1. The lowest BCUT2D eigenvalue weighted by molar-refractivity contribution is 0.0697. The molecule has 0 bridgehead atoms. The summed E-state index contributed by atoms with van der Waals surface area (Å²) < 4.78 is 5.20. The quantitative estimate of drug-likeness (QED) is 0.489. The number of rotatable bonds is 3. The second-order valence-corrected chi connectivity index (χ2v) is 5.83. The molecular formula is C18H14N2O4S. The van der Waals surface area contributed by atoms with Gasteiger partial charge in [-0.2, -0.15) is 0 Å². The van der Waals surface area contributed by atoms with Gasteiger partial charge in [0.2, 0.25) is 0 Å². The molecule has 3 rings (SSSR count). The normalized spacial score (nSPS) is 10.4. The number of fused-ring (bicyclic) bond motifs is 1. The predicted molar refractivity (Wildman–Crippen MR) is 100 cm³/mol.